The highest BCUT2D eigenvalue weighted by molar-refractivity contribution is 7.15. The van der Waals surface area contributed by atoms with Crippen LogP contribution in [0.2, 0.25) is 0 Å². The van der Waals surface area contributed by atoms with Gasteiger partial charge in [-0.3, -0.25) is 4.79 Å². The Bertz CT molecular complexity index is 1090. The maximum absolute atomic E-state index is 13.7. The van der Waals surface area contributed by atoms with E-state index < -0.39 is 0 Å². The molecule has 5 rings (SSSR count). The van der Waals surface area contributed by atoms with Crippen molar-refractivity contribution in [3.05, 3.63) is 64.9 Å². The van der Waals surface area contributed by atoms with Crippen LogP contribution in [-0.4, -0.2) is 39.9 Å². The third-order valence-corrected chi connectivity index (χ3v) is 7.61. The molecule has 3 heterocycles. The van der Waals surface area contributed by atoms with Gasteiger partial charge in [0.15, 0.2) is 0 Å². The molecule has 160 valence electrons. The number of amides is 1. The number of carbonyl (C=O) groups is 1. The molecule has 1 spiro atoms. The van der Waals surface area contributed by atoms with Gasteiger partial charge in [0.25, 0.3) is 5.91 Å². The van der Waals surface area contributed by atoms with Gasteiger partial charge < -0.3 is 10.2 Å². The molecule has 1 atom stereocenters. The van der Waals surface area contributed by atoms with Crippen molar-refractivity contribution in [3.63, 3.8) is 0 Å². The van der Waals surface area contributed by atoms with Crippen molar-refractivity contribution in [2.75, 3.05) is 18.4 Å². The number of aryl methyl sites for hydroxylation is 2. The van der Waals surface area contributed by atoms with Crippen molar-refractivity contribution in [2.24, 2.45) is 5.41 Å². The molecule has 1 aliphatic carbocycles. The van der Waals surface area contributed by atoms with Crippen LogP contribution >= 0.6 is 11.3 Å². The molecule has 5 nitrogen and oxygen atoms in total. The number of nitrogens with zero attached hydrogens (tertiary/aromatic N) is 3. The zero-order chi connectivity index (χ0) is 21.4. The van der Waals surface area contributed by atoms with Gasteiger partial charge in [-0.05, 0) is 62.6 Å². The standard InChI is InChI=1S/C25H28N4OS/c1-17-7-6-10-21(27-17)26-16-20-15-25(11-12-25)13-14-29(20)24(30)22-23(31-18(2)28-22)19-8-4-3-5-9-19/h3-10,20H,11-16H2,1-2H3,(H,26,27)/t20-/m1/s1. The average molecular weight is 433 g/mol. The summed E-state index contributed by atoms with van der Waals surface area (Å²) in [5.74, 6) is 0.931. The summed E-state index contributed by atoms with van der Waals surface area (Å²) >= 11 is 1.60. The topological polar surface area (TPSA) is 58.1 Å². The lowest BCUT2D eigenvalue weighted by Crippen LogP contribution is -2.50. The summed E-state index contributed by atoms with van der Waals surface area (Å²) in [5, 5.41) is 4.41. The monoisotopic (exact) mass is 432 g/mol. The van der Waals surface area contributed by atoms with Gasteiger partial charge in [0.1, 0.15) is 11.5 Å². The molecule has 1 aromatic carbocycles. The fourth-order valence-electron chi connectivity index (χ4n) is 4.69. The molecule has 31 heavy (non-hydrogen) atoms. The van der Waals surface area contributed by atoms with Crippen molar-refractivity contribution in [3.8, 4) is 10.4 Å². The Labute approximate surface area is 187 Å². The first-order chi connectivity index (χ1) is 15.0. The summed E-state index contributed by atoms with van der Waals surface area (Å²) in [6.45, 7) is 5.49. The van der Waals surface area contributed by atoms with Crippen LogP contribution in [0.25, 0.3) is 10.4 Å². The molecule has 1 amide bonds. The molecule has 6 heteroatoms. The van der Waals surface area contributed by atoms with Gasteiger partial charge in [0, 0.05) is 24.8 Å². The van der Waals surface area contributed by atoms with Crippen LogP contribution < -0.4 is 5.32 Å². The van der Waals surface area contributed by atoms with Crippen molar-refractivity contribution < 1.29 is 4.79 Å². The summed E-state index contributed by atoms with van der Waals surface area (Å²) < 4.78 is 0. The van der Waals surface area contributed by atoms with E-state index in [0.717, 1.165) is 46.3 Å². The minimum atomic E-state index is 0.0581. The fourth-order valence-corrected chi connectivity index (χ4v) is 5.61. The highest BCUT2D eigenvalue weighted by Crippen LogP contribution is 2.55. The van der Waals surface area contributed by atoms with Crippen molar-refractivity contribution in [1.29, 1.82) is 0 Å². The third-order valence-electron chi connectivity index (χ3n) is 6.59. The number of pyridine rings is 1. The number of hydrogen-bond donors (Lipinski definition) is 1. The molecule has 2 aromatic heterocycles. The van der Waals surface area contributed by atoms with Crippen molar-refractivity contribution in [1.82, 2.24) is 14.9 Å². The van der Waals surface area contributed by atoms with E-state index in [9.17, 15) is 4.79 Å². The van der Waals surface area contributed by atoms with Gasteiger partial charge in [0.05, 0.1) is 9.88 Å². The predicted octanol–water partition coefficient (Wildman–Crippen LogP) is 5.32. The number of benzene rings is 1. The van der Waals surface area contributed by atoms with Crippen LogP contribution in [0.3, 0.4) is 0 Å². The summed E-state index contributed by atoms with van der Waals surface area (Å²) in [5.41, 5.74) is 3.10. The number of hydrogen-bond acceptors (Lipinski definition) is 5. The van der Waals surface area contributed by atoms with E-state index >= 15 is 0 Å². The molecule has 2 fully saturated rings. The lowest BCUT2D eigenvalue weighted by molar-refractivity contribution is 0.0541. The predicted molar refractivity (Wildman–Crippen MR) is 125 cm³/mol. The van der Waals surface area contributed by atoms with Crippen LogP contribution in [0, 0.1) is 19.3 Å². The molecule has 0 unspecified atom stereocenters. The quantitative estimate of drug-likeness (QED) is 0.593. The Morgan fingerprint density at radius 1 is 1.10 bits per heavy atom. The van der Waals surface area contributed by atoms with E-state index in [0.29, 0.717) is 17.7 Å². The zero-order valence-electron chi connectivity index (χ0n) is 18.1. The molecule has 1 saturated carbocycles. The van der Waals surface area contributed by atoms with Crippen LogP contribution in [0.15, 0.2) is 48.5 Å². The summed E-state index contributed by atoms with van der Waals surface area (Å²) in [4.78, 5) is 26.0. The Hall–Kier alpha value is -2.73. The highest BCUT2D eigenvalue weighted by Gasteiger charge is 2.49. The van der Waals surface area contributed by atoms with Gasteiger partial charge in [-0.2, -0.15) is 0 Å². The first-order valence-corrected chi connectivity index (χ1v) is 11.9. The maximum Gasteiger partial charge on any atom is 0.274 e. The van der Waals surface area contributed by atoms with Crippen LogP contribution in [0.5, 0.6) is 0 Å². The number of likely N-dealkylation sites (tertiary alicyclic amines) is 1. The lowest BCUT2D eigenvalue weighted by atomic mass is 9.87. The van der Waals surface area contributed by atoms with E-state index in [1.807, 2.05) is 50.2 Å². The number of thiazole rings is 1. The van der Waals surface area contributed by atoms with Gasteiger partial charge >= 0.3 is 0 Å². The number of nitrogens with one attached hydrogen (secondary N) is 1. The van der Waals surface area contributed by atoms with E-state index in [-0.39, 0.29) is 11.9 Å². The fraction of sp³-hybridized carbons (Fsp3) is 0.400. The Balaban J connectivity index is 1.40. The van der Waals surface area contributed by atoms with Gasteiger partial charge in [-0.15, -0.1) is 11.3 Å². The molecule has 1 aliphatic heterocycles. The largest absolute Gasteiger partial charge is 0.368 e. The number of anilines is 1. The highest BCUT2D eigenvalue weighted by atomic mass is 32.1. The zero-order valence-corrected chi connectivity index (χ0v) is 18.9. The van der Waals surface area contributed by atoms with E-state index in [1.165, 1.54) is 12.8 Å². The number of aromatic nitrogens is 2. The molecule has 0 radical (unpaired) electrons. The second kappa shape index (κ2) is 8.08. The van der Waals surface area contributed by atoms with E-state index in [4.69, 9.17) is 0 Å². The second-order valence-corrected chi connectivity index (χ2v) is 10.1. The van der Waals surface area contributed by atoms with Crippen LogP contribution in [0.4, 0.5) is 5.82 Å². The molecular formula is C25H28N4OS. The normalized spacial score (nSPS) is 19.4. The maximum atomic E-state index is 13.7. The van der Waals surface area contributed by atoms with E-state index in [1.54, 1.807) is 11.3 Å². The van der Waals surface area contributed by atoms with Crippen molar-refractivity contribution >= 4 is 23.1 Å². The first-order valence-electron chi connectivity index (χ1n) is 11.0. The summed E-state index contributed by atoms with van der Waals surface area (Å²) in [7, 11) is 0. The Morgan fingerprint density at radius 3 is 2.65 bits per heavy atom. The molecular weight excluding hydrogens is 404 g/mol. The Kier molecular flexibility index (Phi) is 5.26. The first kappa shape index (κ1) is 20.2. The average Bonchev–Trinajstić information content (AvgIpc) is 3.41. The molecule has 1 saturated heterocycles. The smallest absolute Gasteiger partial charge is 0.274 e. The number of carbonyl (C=O) groups excluding carboxylic acids is 1. The van der Waals surface area contributed by atoms with Gasteiger partial charge in [-0.1, -0.05) is 36.4 Å². The third kappa shape index (κ3) is 4.22. The summed E-state index contributed by atoms with van der Waals surface area (Å²) in [6.07, 6.45) is 4.74. The lowest BCUT2D eigenvalue weighted by Gasteiger charge is -2.40. The van der Waals surface area contributed by atoms with Crippen molar-refractivity contribution in [2.45, 2.75) is 45.6 Å². The second-order valence-electron chi connectivity index (χ2n) is 8.93. The SMILES string of the molecule is Cc1cccc(NC[C@H]2CC3(CCN2C(=O)c2nc(C)sc2-c2ccccc2)CC3)n1. The molecule has 0 bridgehead atoms. The molecule has 2 aliphatic rings. The minimum Gasteiger partial charge on any atom is -0.368 e. The molecule has 3 aromatic rings. The number of piperidine rings is 1. The van der Waals surface area contributed by atoms with Crippen LogP contribution in [-0.2, 0) is 0 Å². The number of rotatable bonds is 5. The van der Waals surface area contributed by atoms with E-state index in [2.05, 4.69) is 32.3 Å². The van der Waals surface area contributed by atoms with Gasteiger partial charge in [0.2, 0.25) is 0 Å². The van der Waals surface area contributed by atoms with Crippen LogP contribution in [0.1, 0.15) is 46.9 Å². The Morgan fingerprint density at radius 2 is 1.90 bits per heavy atom. The summed E-state index contributed by atoms with van der Waals surface area (Å²) in [6, 6.07) is 16.3. The van der Waals surface area contributed by atoms with Gasteiger partial charge in [-0.25, -0.2) is 9.97 Å². The molecule has 1 N–H and O–H groups in total. The minimum absolute atomic E-state index is 0.0581.